The fourth-order valence-corrected chi connectivity index (χ4v) is 3.09. The Hall–Kier alpha value is -3.03. The van der Waals surface area contributed by atoms with Crippen molar-refractivity contribution in [2.75, 3.05) is 6.54 Å². The Bertz CT molecular complexity index is 867. The van der Waals surface area contributed by atoms with Crippen molar-refractivity contribution in [2.45, 2.75) is 25.2 Å². The van der Waals surface area contributed by atoms with E-state index < -0.39 is 23.7 Å². The van der Waals surface area contributed by atoms with Gasteiger partial charge in [-0.25, -0.2) is 0 Å². The molecule has 1 aliphatic heterocycles. The molecule has 2 aromatic carbocycles. The largest absolute Gasteiger partial charge is 0.507 e. The molecule has 1 heterocycles. The lowest BCUT2D eigenvalue weighted by Crippen LogP contribution is -2.37. The van der Waals surface area contributed by atoms with Crippen LogP contribution in [0.3, 0.4) is 0 Å². The molecule has 1 saturated heterocycles. The van der Waals surface area contributed by atoms with Crippen molar-refractivity contribution in [1.29, 1.82) is 0 Å². The maximum Gasteiger partial charge on any atom is 0.416 e. The summed E-state index contributed by atoms with van der Waals surface area (Å²) in [5, 5.41) is 12.4. The second-order valence-corrected chi connectivity index (χ2v) is 6.32. The summed E-state index contributed by atoms with van der Waals surface area (Å²) in [4.78, 5) is 25.7. The van der Waals surface area contributed by atoms with Gasteiger partial charge in [-0.05, 0) is 23.8 Å². The fourth-order valence-electron chi connectivity index (χ4n) is 3.09. The Morgan fingerprint density at radius 1 is 1.15 bits per heavy atom. The zero-order chi connectivity index (χ0) is 19.6. The highest BCUT2D eigenvalue weighted by molar-refractivity contribution is 5.97. The first-order valence-corrected chi connectivity index (χ1v) is 8.27. The topological polar surface area (TPSA) is 69.6 Å². The number of para-hydroxylation sites is 1. The number of nitrogens with one attached hydrogen (secondary N) is 1. The maximum absolute atomic E-state index is 13.1. The lowest BCUT2D eigenvalue weighted by molar-refractivity contribution is -0.139. The minimum Gasteiger partial charge on any atom is -0.507 e. The third-order valence-corrected chi connectivity index (χ3v) is 4.38. The number of alkyl halides is 3. The van der Waals surface area contributed by atoms with Crippen molar-refractivity contribution in [3.05, 3.63) is 65.2 Å². The van der Waals surface area contributed by atoms with E-state index in [1.54, 1.807) is 12.1 Å². The Balaban J connectivity index is 1.68. The van der Waals surface area contributed by atoms with Crippen molar-refractivity contribution in [3.8, 4) is 5.75 Å². The molecule has 8 heteroatoms. The molecule has 1 unspecified atom stereocenters. The van der Waals surface area contributed by atoms with Crippen LogP contribution in [-0.2, 0) is 17.5 Å². The van der Waals surface area contributed by atoms with Gasteiger partial charge >= 0.3 is 6.18 Å². The third kappa shape index (κ3) is 4.21. The number of hydrogen-bond acceptors (Lipinski definition) is 3. The molecule has 5 nitrogen and oxygen atoms in total. The number of aromatic hydroxyl groups is 1. The lowest BCUT2D eigenvalue weighted by atomic mass is 10.1. The summed E-state index contributed by atoms with van der Waals surface area (Å²) in [5.74, 6) is -1.06. The molecule has 0 aromatic heterocycles. The summed E-state index contributed by atoms with van der Waals surface area (Å²) < 4.78 is 39.3. The van der Waals surface area contributed by atoms with Crippen LogP contribution >= 0.6 is 0 Å². The van der Waals surface area contributed by atoms with Crippen molar-refractivity contribution in [1.82, 2.24) is 10.2 Å². The molecule has 1 fully saturated rings. The van der Waals surface area contributed by atoms with Gasteiger partial charge in [0.05, 0.1) is 17.2 Å². The standard InChI is InChI=1S/C19H17F3N2O3/c20-19(21,22)15-7-3-1-5-12(15)10-24-11-13(9-17(24)26)23-18(27)14-6-2-4-8-16(14)25/h1-8,13,25H,9-11H2,(H,23,27). The van der Waals surface area contributed by atoms with Crippen LogP contribution in [0, 0.1) is 0 Å². The predicted molar refractivity (Wildman–Crippen MR) is 90.8 cm³/mol. The van der Waals surface area contributed by atoms with Crippen molar-refractivity contribution >= 4 is 11.8 Å². The molecule has 0 aliphatic carbocycles. The third-order valence-electron chi connectivity index (χ3n) is 4.38. The molecular formula is C19H17F3N2O3. The number of benzene rings is 2. The molecule has 0 bridgehead atoms. The normalized spacial score (nSPS) is 17.2. The maximum atomic E-state index is 13.1. The number of phenols is 1. The van der Waals surface area contributed by atoms with Gasteiger partial charge in [0.15, 0.2) is 0 Å². The van der Waals surface area contributed by atoms with Crippen LogP contribution in [0.15, 0.2) is 48.5 Å². The molecule has 142 valence electrons. The van der Waals surface area contributed by atoms with E-state index >= 15 is 0 Å². The number of carbonyl (C=O) groups excluding carboxylic acids is 2. The number of hydrogen-bond donors (Lipinski definition) is 2. The van der Waals surface area contributed by atoms with Crippen molar-refractivity contribution < 1.29 is 27.9 Å². The highest BCUT2D eigenvalue weighted by Gasteiger charge is 2.36. The summed E-state index contributed by atoms with van der Waals surface area (Å²) in [6.07, 6.45) is -4.51. The van der Waals surface area contributed by atoms with Crippen LogP contribution in [0.4, 0.5) is 13.2 Å². The Kier molecular flexibility index (Phi) is 5.07. The summed E-state index contributed by atoms with van der Waals surface area (Å²) in [5.41, 5.74) is -0.698. The highest BCUT2D eigenvalue weighted by atomic mass is 19.4. The Morgan fingerprint density at radius 3 is 2.52 bits per heavy atom. The number of amides is 2. The number of carbonyl (C=O) groups is 2. The Labute approximate surface area is 153 Å². The zero-order valence-electron chi connectivity index (χ0n) is 14.2. The second kappa shape index (κ2) is 7.30. The monoisotopic (exact) mass is 378 g/mol. The van der Waals surface area contributed by atoms with Crippen LogP contribution < -0.4 is 5.32 Å². The Morgan fingerprint density at radius 2 is 1.81 bits per heavy atom. The summed E-state index contributed by atoms with van der Waals surface area (Å²) in [6.45, 7) is -0.0815. The SMILES string of the molecule is O=C(NC1CC(=O)N(Cc2ccccc2C(F)(F)F)C1)c1ccccc1O. The molecule has 0 saturated carbocycles. The second-order valence-electron chi connectivity index (χ2n) is 6.32. The predicted octanol–water partition coefficient (Wildman–Crippen LogP) is 2.94. The number of nitrogens with zero attached hydrogens (tertiary/aromatic N) is 1. The van der Waals surface area contributed by atoms with Crippen LogP contribution in [0.1, 0.15) is 27.9 Å². The van der Waals surface area contributed by atoms with Gasteiger partial charge in [-0.2, -0.15) is 13.2 Å². The van der Waals surface area contributed by atoms with Crippen molar-refractivity contribution in [3.63, 3.8) is 0 Å². The van der Waals surface area contributed by atoms with Gasteiger partial charge in [0.25, 0.3) is 5.91 Å². The minimum absolute atomic E-state index is 0.00558. The van der Waals surface area contributed by atoms with E-state index in [0.29, 0.717) is 0 Å². The minimum atomic E-state index is -4.50. The van der Waals surface area contributed by atoms with Gasteiger partial charge in [0.1, 0.15) is 5.75 Å². The van der Waals surface area contributed by atoms with E-state index in [1.165, 1.54) is 35.2 Å². The smallest absolute Gasteiger partial charge is 0.416 e. The summed E-state index contributed by atoms with van der Waals surface area (Å²) in [7, 11) is 0. The first-order chi connectivity index (χ1) is 12.8. The van der Waals surface area contributed by atoms with Crippen LogP contribution in [0.5, 0.6) is 5.75 Å². The molecule has 1 aliphatic rings. The van der Waals surface area contributed by atoms with Crippen LogP contribution in [0.2, 0.25) is 0 Å². The molecule has 1 atom stereocenters. The van der Waals surface area contributed by atoms with E-state index in [2.05, 4.69) is 5.32 Å². The van der Waals surface area contributed by atoms with Gasteiger partial charge in [0.2, 0.25) is 5.91 Å². The zero-order valence-corrected chi connectivity index (χ0v) is 14.2. The van der Waals surface area contributed by atoms with E-state index in [4.69, 9.17) is 0 Å². The van der Waals surface area contributed by atoms with Crippen molar-refractivity contribution in [2.24, 2.45) is 0 Å². The van der Waals surface area contributed by atoms with Gasteiger partial charge in [-0.3, -0.25) is 9.59 Å². The lowest BCUT2D eigenvalue weighted by Gasteiger charge is -2.20. The highest BCUT2D eigenvalue weighted by Crippen LogP contribution is 2.33. The number of rotatable bonds is 4. The van der Waals surface area contributed by atoms with Gasteiger partial charge in [-0.1, -0.05) is 30.3 Å². The number of halogens is 3. The van der Waals surface area contributed by atoms with E-state index in [0.717, 1.165) is 6.07 Å². The first-order valence-electron chi connectivity index (χ1n) is 8.27. The number of phenolic OH excluding ortho intramolecular Hbond substituents is 1. The van der Waals surface area contributed by atoms with Gasteiger partial charge in [-0.15, -0.1) is 0 Å². The molecule has 0 spiro atoms. The van der Waals surface area contributed by atoms with Gasteiger partial charge < -0.3 is 15.3 Å². The first kappa shape index (κ1) is 18.8. The fraction of sp³-hybridized carbons (Fsp3) is 0.263. The summed E-state index contributed by atoms with van der Waals surface area (Å²) in [6, 6.07) is 10.5. The van der Waals surface area contributed by atoms with Crippen LogP contribution in [-0.4, -0.2) is 34.4 Å². The average molecular weight is 378 g/mol. The van der Waals surface area contributed by atoms with E-state index in [9.17, 15) is 27.9 Å². The van der Waals surface area contributed by atoms with Gasteiger partial charge in [0, 0.05) is 19.5 Å². The molecule has 2 aromatic rings. The molecule has 2 N–H and O–H groups in total. The molecule has 2 amide bonds. The van der Waals surface area contributed by atoms with Crippen LogP contribution in [0.25, 0.3) is 0 Å². The summed E-state index contributed by atoms with van der Waals surface area (Å²) >= 11 is 0. The molecule has 3 rings (SSSR count). The number of likely N-dealkylation sites (tertiary alicyclic amines) is 1. The van der Waals surface area contributed by atoms with E-state index in [-0.39, 0.29) is 42.3 Å². The average Bonchev–Trinajstić information content (AvgIpc) is 2.94. The van der Waals surface area contributed by atoms with E-state index in [1.807, 2.05) is 0 Å². The molecular weight excluding hydrogens is 361 g/mol. The molecule has 0 radical (unpaired) electrons. The molecule has 27 heavy (non-hydrogen) atoms. The quantitative estimate of drug-likeness (QED) is 0.860.